The number of hydrogen-bond acceptors (Lipinski definition) is 5. The summed E-state index contributed by atoms with van der Waals surface area (Å²) in [6.45, 7) is 4.30. The number of anilines is 1. The molecular weight excluding hydrogens is 427 g/mol. The second-order valence-electron chi connectivity index (χ2n) is 7.50. The van der Waals surface area contributed by atoms with Gasteiger partial charge in [-0.1, -0.05) is 19.4 Å². The lowest BCUT2D eigenvalue weighted by Gasteiger charge is -2.28. The van der Waals surface area contributed by atoms with E-state index in [0.717, 1.165) is 30.2 Å². The van der Waals surface area contributed by atoms with E-state index in [1.165, 1.54) is 18.2 Å². The van der Waals surface area contributed by atoms with Gasteiger partial charge in [-0.05, 0) is 49.6 Å². The maximum Gasteiger partial charge on any atom is 0.264 e. The van der Waals surface area contributed by atoms with E-state index in [1.54, 1.807) is 17.9 Å². The molecule has 3 rings (SSSR count). The lowest BCUT2D eigenvalue weighted by molar-refractivity contribution is 0.0698. The van der Waals surface area contributed by atoms with Crippen LogP contribution in [-0.4, -0.2) is 49.2 Å². The third kappa shape index (κ3) is 5.26. The molecule has 0 saturated carbocycles. The summed E-state index contributed by atoms with van der Waals surface area (Å²) in [7, 11) is -3.11. The number of carbonyl (C=O) groups excluding carboxylic acids is 2. The van der Waals surface area contributed by atoms with Crippen molar-refractivity contribution in [3.8, 4) is 0 Å². The summed E-state index contributed by atoms with van der Waals surface area (Å²) in [5, 5.41) is 3.20. The second-order valence-corrected chi connectivity index (χ2v) is 10.8. The molecule has 162 valence electrons. The van der Waals surface area contributed by atoms with E-state index in [-0.39, 0.29) is 29.0 Å². The van der Waals surface area contributed by atoms with Crippen LogP contribution in [0.2, 0.25) is 0 Å². The number of rotatable bonds is 7. The Morgan fingerprint density at radius 1 is 1.30 bits per heavy atom. The Labute approximate surface area is 180 Å². The van der Waals surface area contributed by atoms with Gasteiger partial charge in [-0.25, -0.2) is 12.8 Å². The van der Waals surface area contributed by atoms with Gasteiger partial charge in [-0.2, -0.15) is 0 Å². The van der Waals surface area contributed by atoms with Gasteiger partial charge in [0.1, 0.15) is 5.82 Å². The third-order valence-corrected chi connectivity index (χ3v) is 7.99. The number of carbonyl (C=O) groups is 2. The van der Waals surface area contributed by atoms with Crippen LogP contribution in [0.25, 0.3) is 0 Å². The first-order chi connectivity index (χ1) is 14.2. The maximum atomic E-state index is 13.4. The summed E-state index contributed by atoms with van der Waals surface area (Å²) in [4.78, 5) is 27.8. The van der Waals surface area contributed by atoms with Crippen molar-refractivity contribution < 1.29 is 22.4 Å². The Balaban J connectivity index is 1.79. The molecule has 1 aliphatic rings. The smallest absolute Gasteiger partial charge is 0.264 e. The Kier molecular flexibility index (Phi) is 6.92. The fourth-order valence-electron chi connectivity index (χ4n) is 3.50. The molecule has 30 heavy (non-hydrogen) atoms. The molecular formula is C21H25FN2O4S2. The zero-order chi connectivity index (χ0) is 21.9. The molecule has 6 nitrogen and oxygen atoms in total. The normalized spacial score (nSPS) is 17.6. The van der Waals surface area contributed by atoms with Gasteiger partial charge >= 0.3 is 0 Å². The quantitative estimate of drug-likeness (QED) is 0.691. The molecule has 0 radical (unpaired) electrons. The zero-order valence-electron chi connectivity index (χ0n) is 17.0. The van der Waals surface area contributed by atoms with Gasteiger partial charge in [0.05, 0.1) is 21.4 Å². The molecule has 1 aromatic heterocycles. The Morgan fingerprint density at radius 2 is 2.07 bits per heavy atom. The Bertz CT molecular complexity index is 1050. The standard InChI is InChI=1S/C21H25FN2O4S2/c1-3-4-9-24(17-8-10-30(27,28)13-17)21(26)19-14(2)11-18(29-19)23-20(25)15-6-5-7-16(22)12-15/h5-7,11-12,17H,3-4,8-10,13H2,1-2H3,(H,23,25). The van der Waals surface area contributed by atoms with Crippen LogP contribution in [-0.2, 0) is 9.84 Å². The molecule has 1 unspecified atom stereocenters. The van der Waals surface area contributed by atoms with Crippen molar-refractivity contribution in [1.29, 1.82) is 0 Å². The molecule has 2 amide bonds. The van der Waals surface area contributed by atoms with Crippen LogP contribution >= 0.6 is 11.3 Å². The van der Waals surface area contributed by atoms with Gasteiger partial charge in [-0.3, -0.25) is 9.59 Å². The SMILES string of the molecule is CCCCN(C(=O)c1sc(NC(=O)c2cccc(F)c2)cc1C)C1CCS(=O)(=O)C1. The van der Waals surface area contributed by atoms with Gasteiger partial charge in [0, 0.05) is 18.2 Å². The predicted molar refractivity (Wildman–Crippen MR) is 116 cm³/mol. The summed E-state index contributed by atoms with van der Waals surface area (Å²) < 4.78 is 37.2. The van der Waals surface area contributed by atoms with E-state index < -0.39 is 21.6 Å². The van der Waals surface area contributed by atoms with Gasteiger partial charge < -0.3 is 10.2 Å². The average molecular weight is 453 g/mol. The van der Waals surface area contributed by atoms with E-state index in [9.17, 15) is 22.4 Å². The fraction of sp³-hybridized carbons (Fsp3) is 0.429. The van der Waals surface area contributed by atoms with E-state index in [1.807, 2.05) is 6.92 Å². The number of amides is 2. The van der Waals surface area contributed by atoms with E-state index in [2.05, 4.69) is 5.32 Å². The highest BCUT2D eigenvalue weighted by Gasteiger charge is 2.35. The first kappa shape index (κ1) is 22.4. The van der Waals surface area contributed by atoms with Gasteiger partial charge in [0.15, 0.2) is 9.84 Å². The summed E-state index contributed by atoms with van der Waals surface area (Å²) in [5.41, 5.74) is 0.900. The van der Waals surface area contributed by atoms with Crippen molar-refractivity contribution in [3.05, 3.63) is 52.2 Å². The summed E-state index contributed by atoms with van der Waals surface area (Å²) in [6.07, 6.45) is 2.13. The number of halogens is 1. The van der Waals surface area contributed by atoms with Crippen molar-refractivity contribution >= 4 is 38.0 Å². The highest BCUT2D eigenvalue weighted by atomic mass is 32.2. The summed E-state index contributed by atoms with van der Waals surface area (Å²) in [6, 6.07) is 6.77. The molecule has 1 aliphatic heterocycles. The summed E-state index contributed by atoms with van der Waals surface area (Å²) >= 11 is 1.15. The highest BCUT2D eigenvalue weighted by molar-refractivity contribution is 7.91. The van der Waals surface area contributed by atoms with Crippen molar-refractivity contribution in [2.24, 2.45) is 0 Å². The maximum absolute atomic E-state index is 13.4. The molecule has 1 N–H and O–H groups in total. The molecule has 1 aromatic carbocycles. The number of sulfone groups is 1. The van der Waals surface area contributed by atoms with E-state index in [4.69, 9.17) is 0 Å². The highest BCUT2D eigenvalue weighted by Crippen LogP contribution is 2.30. The lowest BCUT2D eigenvalue weighted by atomic mass is 10.1. The minimum Gasteiger partial charge on any atom is -0.334 e. The predicted octanol–water partition coefficient (Wildman–Crippen LogP) is 3.88. The number of nitrogens with one attached hydrogen (secondary N) is 1. The molecule has 1 atom stereocenters. The van der Waals surface area contributed by atoms with Crippen LogP contribution in [0.1, 0.15) is 51.8 Å². The molecule has 0 bridgehead atoms. The average Bonchev–Trinajstić information content (AvgIpc) is 3.23. The van der Waals surface area contributed by atoms with E-state index in [0.29, 0.717) is 28.4 Å². The van der Waals surface area contributed by atoms with Gasteiger partial charge in [0.2, 0.25) is 0 Å². The van der Waals surface area contributed by atoms with E-state index >= 15 is 0 Å². The van der Waals surface area contributed by atoms with Crippen LogP contribution in [0, 0.1) is 12.7 Å². The molecule has 1 saturated heterocycles. The zero-order valence-corrected chi connectivity index (χ0v) is 18.6. The minimum absolute atomic E-state index is 0.00393. The Hall–Kier alpha value is -2.26. The topological polar surface area (TPSA) is 83.6 Å². The van der Waals surface area contributed by atoms with Crippen LogP contribution in [0.5, 0.6) is 0 Å². The van der Waals surface area contributed by atoms with Crippen molar-refractivity contribution in [2.45, 2.75) is 39.2 Å². The number of aryl methyl sites for hydroxylation is 1. The number of nitrogens with zero attached hydrogens (tertiary/aromatic N) is 1. The molecule has 2 heterocycles. The van der Waals surface area contributed by atoms with Crippen LogP contribution < -0.4 is 5.32 Å². The van der Waals surface area contributed by atoms with Crippen LogP contribution in [0.15, 0.2) is 30.3 Å². The number of hydrogen-bond donors (Lipinski definition) is 1. The van der Waals surface area contributed by atoms with Crippen LogP contribution in [0.3, 0.4) is 0 Å². The number of thiophene rings is 1. The third-order valence-electron chi connectivity index (χ3n) is 5.10. The number of unbranched alkanes of at least 4 members (excludes halogenated alkanes) is 1. The Morgan fingerprint density at radius 3 is 2.70 bits per heavy atom. The van der Waals surface area contributed by atoms with Crippen molar-refractivity contribution in [3.63, 3.8) is 0 Å². The van der Waals surface area contributed by atoms with Crippen molar-refractivity contribution in [2.75, 3.05) is 23.4 Å². The first-order valence-electron chi connectivity index (χ1n) is 9.89. The molecule has 2 aromatic rings. The lowest BCUT2D eigenvalue weighted by Crippen LogP contribution is -2.41. The van der Waals surface area contributed by atoms with Gasteiger partial charge in [-0.15, -0.1) is 11.3 Å². The fourth-order valence-corrected chi connectivity index (χ4v) is 6.25. The summed E-state index contributed by atoms with van der Waals surface area (Å²) in [5.74, 6) is -1.07. The van der Waals surface area contributed by atoms with Gasteiger partial charge in [0.25, 0.3) is 11.8 Å². The molecule has 0 aliphatic carbocycles. The second kappa shape index (κ2) is 9.26. The number of benzene rings is 1. The molecule has 9 heteroatoms. The monoisotopic (exact) mass is 452 g/mol. The first-order valence-corrected chi connectivity index (χ1v) is 12.5. The largest absolute Gasteiger partial charge is 0.334 e. The molecule has 0 spiro atoms. The molecule has 1 fully saturated rings. The van der Waals surface area contributed by atoms with Crippen molar-refractivity contribution in [1.82, 2.24) is 4.90 Å². The van der Waals surface area contributed by atoms with Crippen LogP contribution in [0.4, 0.5) is 9.39 Å². The minimum atomic E-state index is -3.11.